The van der Waals surface area contributed by atoms with Crippen LogP contribution in [0.3, 0.4) is 0 Å². The third-order valence-electron chi connectivity index (χ3n) is 3.22. The second kappa shape index (κ2) is 3.35. The van der Waals surface area contributed by atoms with E-state index in [1.165, 1.54) is 32.4 Å². The molecule has 2 nitrogen and oxygen atoms in total. The van der Waals surface area contributed by atoms with Crippen LogP contribution in [0.2, 0.25) is 0 Å². The molecule has 2 rings (SSSR count). The Morgan fingerprint density at radius 1 is 1.17 bits per heavy atom. The lowest BCUT2D eigenvalue weighted by molar-refractivity contribution is 0.0995. The van der Waals surface area contributed by atoms with E-state index in [2.05, 4.69) is 24.1 Å². The standard InChI is InChI=1S/C10H20N2/c1-8(2)12-6-9-4-3-5-10(7-12)11-9/h8-11H,3-7H2,1-2H3. The summed E-state index contributed by atoms with van der Waals surface area (Å²) in [6.45, 7) is 7.16. The quantitative estimate of drug-likeness (QED) is 0.633. The van der Waals surface area contributed by atoms with E-state index < -0.39 is 0 Å². The van der Waals surface area contributed by atoms with Gasteiger partial charge in [0.05, 0.1) is 0 Å². The average molecular weight is 168 g/mol. The molecule has 2 saturated heterocycles. The molecule has 2 fully saturated rings. The summed E-state index contributed by atoms with van der Waals surface area (Å²) < 4.78 is 0. The van der Waals surface area contributed by atoms with Gasteiger partial charge in [0.2, 0.25) is 0 Å². The number of hydrogen-bond donors (Lipinski definition) is 1. The second-order valence-corrected chi connectivity index (χ2v) is 4.54. The van der Waals surface area contributed by atoms with Crippen molar-refractivity contribution < 1.29 is 0 Å². The van der Waals surface area contributed by atoms with Crippen LogP contribution in [-0.2, 0) is 0 Å². The molecule has 2 bridgehead atoms. The summed E-state index contributed by atoms with van der Waals surface area (Å²) in [6.07, 6.45) is 4.22. The summed E-state index contributed by atoms with van der Waals surface area (Å²) in [5.41, 5.74) is 0. The molecule has 1 N–H and O–H groups in total. The predicted octanol–water partition coefficient (Wildman–Crippen LogP) is 1.22. The fraction of sp³-hybridized carbons (Fsp3) is 1.00. The van der Waals surface area contributed by atoms with Crippen molar-refractivity contribution in [1.29, 1.82) is 0 Å². The molecule has 0 spiro atoms. The Balaban J connectivity index is 1.96. The van der Waals surface area contributed by atoms with Crippen LogP contribution in [-0.4, -0.2) is 36.1 Å². The number of nitrogens with zero attached hydrogens (tertiary/aromatic N) is 1. The summed E-state index contributed by atoms with van der Waals surface area (Å²) in [6, 6.07) is 2.31. The van der Waals surface area contributed by atoms with Gasteiger partial charge in [-0.25, -0.2) is 0 Å². The Bertz CT molecular complexity index is 144. The maximum Gasteiger partial charge on any atom is 0.0198 e. The first-order valence-corrected chi connectivity index (χ1v) is 5.26. The van der Waals surface area contributed by atoms with E-state index in [0.717, 1.165) is 18.1 Å². The van der Waals surface area contributed by atoms with Crippen molar-refractivity contribution in [2.75, 3.05) is 13.1 Å². The zero-order valence-corrected chi connectivity index (χ0v) is 8.21. The highest BCUT2D eigenvalue weighted by molar-refractivity contribution is 4.90. The maximum atomic E-state index is 3.70. The zero-order valence-electron chi connectivity index (χ0n) is 8.21. The van der Waals surface area contributed by atoms with E-state index in [0.29, 0.717) is 0 Å². The Hall–Kier alpha value is -0.0800. The minimum atomic E-state index is 0.732. The normalized spacial score (nSPS) is 37.2. The molecule has 0 radical (unpaired) electrons. The van der Waals surface area contributed by atoms with Crippen molar-refractivity contribution in [3.63, 3.8) is 0 Å². The summed E-state index contributed by atoms with van der Waals surface area (Å²) in [5, 5.41) is 3.70. The first-order chi connectivity index (χ1) is 5.75. The van der Waals surface area contributed by atoms with Crippen molar-refractivity contribution in [2.24, 2.45) is 0 Å². The van der Waals surface area contributed by atoms with Crippen molar-refractivity contribution in [2.45, 2.75) is 51.2 Å². The minimum absolute atomic E-state index is 0.732. The maximum absolute atomic E-state index is 3.70. The van der Waals surface area contributed by atoms with E-state index >= 15 is 0 Å². The van der Waals surface area contributed by atoms with Gasteiger partial charge in [-0.3, -0.25) is 4.90 Å². The monoisotopic (exact) mass is 168 g/mol. The van der Waals surface area contributed by atoms with Gasteiger partial charge in [-0.2, -0.15) is 0 Å². The lowest BCUT2D eigenvalue weighted by atomic mass is 9.93. The molecule has 0 aliphatic carbocycles. The van der Waals surface area contributed by atoms with Gasteiger partial charge in [-0.15, -0.1) is 0 Å². The van der Waals surface area contributed by atoms with E-state index in [9.17, 15) is 0 Å². The summed E-state index contributed by atoms with van der Waals surface area (Å²) in [7, 11) is 0. The van der Waals surface area contributed by atoms with Gasteiger partial charge in [-0.05, 0) is 26.7 Å². The number of piperidine rings is 1. The van der Waals surface area contributed by atoms with Crippen molar-refractivity contribution in [3.8, 4) is 0 Å². The third-order valence-corrected chi connectivity index (χ3v) is 3.22. The van der Waals surface area contributed by atoms with Crippen LogP contribution < -0.4 is 5.32 Å². The molecule has 70 valence electrons. The molecule has 0 saturated carbocycles. The molecule has 12 heavy (non-hydrogen) atoms. The van der Waals surface area contributed by atoms with Crippen LogP contribution in [0.25, 0.3) is 0 Å². The average Bonchev–Trinajstić information content (AvgIpc) is 2.03. The highest BCUT2D eigenvalue weighted by Crippen LogP contribution is 2.20. The van der Waals surface area contributed by atoms with Gasteiger partial charge >= 0.3 is 0 Å². The van der Waals surface area contributed by atoms with E-state index in [1.54, 1.807) is 0 Å². The van der Waals surface area contributed by atoms with Gasteiger partial charge < -0.3 is 5.32 Å². The van der Waals surface area contributed by atoms with Gasteiger partial charge in [-0.1, -0.05) is 6.42 Å². The Labute approximate surface area is 75.3 Å². The smallest absolute Gasteiger partial charge is 0.0198 e. The Morgan fingerprint density at radius 2 is 1.75 bits per heavy atom. The van der Waals surface area contributed by atoms with Crippen molar-refractivity contribution in [1.82, 2.24) is 10.2 Å². The fourth-order valence-electron chi connectivity index (χ4n) is 2.46. The molecule has 0 aromatic carbocycles. The molecule has 2 atom stereocenters. The largest absolute Gasteiger partial charge is 0.309 e. The number of hydrogen-bond acceptors (Lipinski definition) is 2. The molecule has 0 aromatic rings. The molecule has 0 aromatic heterocycles. The number of likely N-dealkylation sites (tertiary alicyclic amines) is 1. The number of nitrogens with one attached hydrogen (secondary N) is 1. The SMILES string of the molecule is CC(C)N1CC2CCCC(C1)N2. The molecule has 2 aliphatic rings. The molecule has 2 heterocycles. The van der Waals surface area contributed by atoms with Gasteiger partial charge in [0, 0.05) is 31.2 Å². The molecule has 2 heteroatoms. The molecule has 2 unspecified atom stereocenters. The van der Waals surface area contributed by atoms with Crippen LogP contribution >= 0.6 is 0 Å². The van der Waals surface area contributed by atoms with Crippen LogP contribution in [0.15, 0.2) is 0 Å². The van der Waals surface area contributed by atoms with E-state index in [-0.39, 0.29) is 0 Å². The topological polar surface area (TPSA) is 15.3 Å². The highest BCUT2D eigenvalue weighted by Gasteiger charge is 2.30. The van der Waals surface area contributed by atoms with Crippen LogP contribution in [0.1, 0.15) is 33.1 Å². The number of piperazine rings is 1. The lowest BCUT2D eigenvalue weighted by Gasteiger charge is -2.44. The van der Waals surface area contributed by atoms with Crippen LogP contribution in [0, 0.1) is 0 Å². The second-order valence-electron chi connectivity index (χ2n) is 4.54. The Kier molecular flexibility index (Phi) is 2.37. The van der Waals surface area contributed by atoms with Gasteiger partial charge in [0.15, 0.2) is 0 Å². The van der Waals surface area contributed by atoms with Crippen LogP contribution in [0.5, 0.6) is 0 Å². The summed E-state index contributed by atoms with van der Waals surface area (Å²) in [5.74, 6) is 0. The number of rotatable bonds is 1. The first kappa shape index (κ1) is 8.52. The molecule has 0 amide bonds. The summed E-state index contributed by atoms with van der Waals surface area (Å²) in [4.78, 5) is 2.62. The molecule has 2 aliphatic heterocycles. The van der Waals surface area contributed by atoms with Crippen LogP contribution in [0.4, 0.5) is 0 Å². The predicted molar refractivity (Wildman–Crippen MR) is 51.3 cm³/mol. The van der Waals surface area contributed by atoms with Gasteiger partial charge in [0.1, 0.15) is 0 Å². The van der Waals surface area contributed by atoms with E-state index in [1.807, 2.05) is 0 Å². The van der Waals surface area contributed by atoms with E-state index in [4.69, 9.17) is 0 Å². The first-order valence-electron chi connectivity index (χ1n) is 5.26. The third kappa shape index (κ3) is 1.64. The lowest BCUT2D eigenvalue weighted by Crippen LogP contribution is -2.59. The van der Waals surface area contributed by atoms with Gasteiger partial charge in [0.25, 0.3) is 0 Å². The molecular formula is C10H20N2. The highest BCUT2D eigenvalue weighted by atomic mass is 15.2. The van der Waals surface area contributed by atoms with Crippen molar-refractivity contribution in [3.05, 3.63) is 0 Å². The zero-order chi connectivity index (χ0) is 8.55. The fourth-order valence-corrected chi connectivity index (χ4v) is 2.46. The van der Waals surface area contributed by atoms with Crippen molar-refractivity contribution >= 4 is 0 Å². The minimum Gasteiger partial charge on any atom is -0.309 e. The Morgan fingerprint density at radius 3 is 2.25 bits per heavy atom. The summed E-state index contributed by atoms with van der Waals surface area (Å²) >= 11 is 0. The number of fused-ring (bicyclic) bond motifs is 2. The molecular weight excluding hydrogens is 148 g/mol.